The van der Waals surface area contributed by atoms with E-state index in [9.17, 15) is 26.4 Å². The van der Waals surface area contributed by atoms with Crippen molar-refractivity contribution in [3.05, 3.63) is 89.1 Å². The fourth-order valence-electron chi connectivity index (χ4n) is 3.90. The van der Waals surface area contributed by atoms with E-state index in [2.05, 4.69) is 19.8 Å². The lowest BCUT2D eigenvalue weighted by Gasteiger charge is -2.11. The van der Waals surface area contributed by atoms with Crippen LogP contribution in [0.15, 0.2) is 54.9 Å². The van der Waals surface area contributed by atoms with Gasteiger partial charge in [-0.15, -0.1) is 0 Å². The number of hydrogen-bond donors (Lipinski definition) is 3. The number of carbonyl (C=O) groups is 1. The minimum Gasteiger partial charge on any atom is -0.436 e. The topological polar surface area (TPSA) is 145 Å². The number of fused-ring (bicyclic) bond motifs is 1. The summed E-state index contributed by atoms with van der Waals surface area (Å²) in [5.74, 6) is -3.92. The van der Waals surface area contributed by atoms with Crippen LogP contribution in [0.5, 0.6) is 11.6 Å². The molecule has 5 aromatic rings. The molecule has 3 aromatic heterocycles. The van der Waals surface area contributed by atoms with E-state index >= 15 is 0 Å². The number of ether oxygens (including phenoxy) is 1. The smallest absolute Gasteiger partial charge is 0.229 e. The highest BCUT2D eigenvalue weighted by molar-refractivity contribution is 7.92. The lowest BCUT2D eigenvalue weighted by Crippen LogP contribution is -2.10. The lowest BCUT2D eigenvalue weighted by atomic mass is 10.1. The van der Waals surface area contributed by atoms with Gasteiger partial charge < -0.3 is 15.5 Å². The Morgan fingerprint density at radius 3 is 2.59 bits per heavy atom. The van der Waals surface area contributed by atoms with Crippen molar-refractivity contribution in [1.82, 2.24) is 19.7 Å². The number of aromatic nitrogens is 4. The number of ketones is 1. The van der Waals surface area contributed by atoms with Gasteiger partial charge in [-0.2, -0.15) is 9.49 Å². The molecule has 2 aromatic carbocycles. The summed E-state index contributed by atoms with van der Waals surface area (Å²) in [5, 5.41) is 4.52. The van der Waals surface area contributed by atoms with E-state index in [1.54, 1.807) is 6.92 Å². The number of nitrogen functional groups attached to an aromatic ring is 1. The zero-order valence-corrected chi connectivity index (χ0v) is 21.1. The van der Waals surface area contributed by atoms with Crippen molar-refractivity contribution in [3.8, 4) is 17.3 Å². The number of hydrogen-bond acceptors (Lipinski definition) is 7. The van der Waals surface area contributed by atoms with Crippen LogP contribution in [0.4, 0.5) is 24.7 Å². The summed E-state index contributed by atoms with van der Waals surface area (Å²) in [6.45, 7) is 1.68. The van der Waals surface area contributed by atoms with Crippen LogP contribution < -0.4 is 15.2 Å². The van der Waals surface area contributed by atoms with Gasteiger partial charge in [-0.05, 0) is 42.8 Å². The molecule has 0 atom stereocenters. The van der Waals surface area contributed by atoms with Crippen LogP contribution in [0.25, 0.3) is 16.6 Å². The number of carbonyl (C=O) groups excluding carboxylic acids is 1. The number of pyridine rings is 1. The van der Waals surface area contributed by atoms with Crippen molar-refractivity contribution in [3.63, 3.8) is 0 Å². The molecule has 0 unspecified atom stereocenters. The first-order valence-electron chi connectivity index (χ1n) is 11.2. The SMILES string of the molecule is Cc1cc(Oc2cccc(F)c2F)ncc1-n1ncc(C(=O)c2cc3cc(F)c(NS(C)(=O)=O)cc3[nH]2)c1N. The molecule has 0 aliphatic rings. The predicted octanol–water partition coefficient (Wildman–Crippen LogP) is 4.45. The number of H-pyrrole nitrogens is 1. The van der Waals surface area contributed by atoms with Gasteiger partial charge in [0.25, 0.3) is 0 Å². The van der Waals surface area contributed by atoms with E-state index in [-0.39, 0.29) is 34.4 Å². The molecule has 10 nitrogen and oxygen atoms in total. The third-order valence-corrected chi connectivity index (χ3v) is 6.31. The van der Waals surface area contributed by atoms with Gasteiger partial charge >= 0.3 is 0 Å². The van der Waals surface area contributed by atoms with Gasteiger partial charge in [0.1, 0.15) is 11.6 Å². The summed E-state index contributed by atoms with van der Waals surface area (Å²) >= 11 is 0. The average Bonchev–Trinajstić information content (AvgIpc) is 3.44. The number of nitrogens with zero attached hydrogens (tertiary/aromatic N) is 3. The summed E-state index contributed by atoms with van der Waals surface area (Å²) in [7, 11) is -3.72. The molecule has 0 aliphatic carbocycles. The van der Waals surface area contributed by atoms with Crippen LogP contribution in [-0.2, 0) is 10.0 Å². The standard InChI is InChI=1S/C25H19F3N6O4S/c1-12-6-22(38-21-5-3-4-15(26)23(21)28)30-11-20(12)34-25(29)14(10-31-34)24(35)19-8-13-7-16(27)18(9-17(13)32-19)33-39(2,36)37/h3-11,32-33H,29H2,1-2H3. The highest BCUT2D eigenvalue weighted by Gasteiger charge is 2.22. The largest absolute Gasteiger partial charge is 0.436 e. The van der Waals surface area contributed by atoms with Crippen LogP contribution in [0, 0.1) is 24.4 Å². The van der Waals surface area contributed by atoms with Gasteiger partial charge in [0.15, 0.2) is 11.6 Å². The molecular formula is C25H19F3N6O4S. The highest BCUT2D eigenvalue weighted by atomic mass is 32.2. The van der Waals surface area contributed by atoms with Crippen molar-refractivity contribution in [2.75, 3.05) is 16.7 Å². The monoisotopic (exact) mass is 556 g/mol. The highest BCUT2D eigenvalue weighted by Crippen LogP contribution is 2.29. The maximum absolute atomic E-state index is 14.4. The molecule has 0 saturated heterocycles. The molecular weight excluding hydrogens is 537 g/mol. The molecule has 39 heavy (non-hydrogen) atoms. The maximum atomic E-state index is 14.4. The predicted molar refractivity (Wildman–Crippen MR) is 137 cm³/mol. The molecule has 0 bridgehead atoms. The summed E-state index contributed by atoms with van der Waals surface area (Å²) in [4.78, 5) is 20.2. The van der Waals surface area contributed by atoms with Crippen LogP contribution in [0.1, 0.15) is 21.6 Å². The van der Waals surface area contributed by atoms with Crippen molar-refractivity contribution >= 4 is 38.2 Å². The number of anilines is 2. The molecule has 3 heterocycles. The molecule has 0 radical (unpaired) electrons. The molecule has 14 heteroatoms. The molecule has 0 aliphatic heterocycles. The van der Waals surface area contributed by atoms with Gasteiger partial charge in [-0.1, -0.05) is 6.07 Å². The molecule has 0 amide bonds. The number of sulfonamides is 1. The molecule has 0 fully saturated rings. The summed E-state index contributed by atoms with van der Waals surface area (Å²) in [5.41, 5.74) is 7.35. The first-order valence-corrected chi connectivity index (χ1v) is 13.1. The lowest BCUT2D eigenvalue weighted by molar-refractivity contribution is 0.103. The van der Waals surface area contributed by atoms with Crippen LogP contribution >= 0.6 is 0 Å². The van der Waals surface area contributed by atoms with Crippen molar-refractivity contribution in [1.29, 1.82) is 0 Å². The fraction of sp³-hybridized carbons (Fsp3) is 0.0800. The van der Waals surface area contributed by atoms with E-state index in [0.717, 1.165) is 18.4 Å². The molecule has 0 spiro atoms. The third-order valence-electron chi connectivity index (χ3n) is 5.72. The number of aromatic amines is 1. The normalized spacial score (nSPS) is 11.6. The van der Waals surface area contributed by atoms with E-state index in [0.29, 0.717) is 22.2 Å². The summed E-state index contributed by atoms with van der Waals surface area (Å²) in [6.07, 6.45) is 3.50. The summed E-state index contributed by atoms with van der Waals surface area (Å²) < 4.78 is 73.4. The second-order valence-corrected chi connectivity index (χ2v) is 10.4. The second-order valence-electron chi connectivity index (χ2n) is 8.62. The average molecular weight is 557 g/mol. The molecule has 5 rings (SSSR count). The van der Waals surface area contributed by atoms with Gasteiger partial charge in [0, 0.05) is 17.0 Å². The first kappa shape index (κ1) is 25.8. The Morgan fingerprint density at radius 1 is 1.10 bits per heavy atom. The summed E-state index contributed by atoms with van der Waals surface area (Å²) in [6, 6.07) is 8.73. The molecule has 0 saturated carbocycles. The van der Waals surface area contributed by atoms with Gasteiger partial charge in [0.2, 0.25) is 27.5 Å². The minimum absolute atomic E-state index is 0.00202. The van der Waals surface area contributed by atoms with E-state index in [4.69, 9.17) is 10.5 Å². The van der Waals surface area contributed by atoms with E-state index < -0.39 is 33.3 Å². The Kier molecular flexibility index (Phi) is 6.26. The fourth-order valence-corrected chi connectivity index (χ4v) is 4.46. The van der Waals surface area contributed by atoms with Crippen LogP contribution in [0.2, 0.25) is 0 Å². The van der Waals surface area contributed by atoms with Crippen LogP contribution in [0.3, 0.4) is 0 Å². The Bertz CT molecular complexity index is 1880. The Labute approximate surface area is 219 Å². The Balaban J connectivity index is 1.43. The van der Waals surface area contributed by atoms with Crippen molar-refractivity contribution in [2.45, 2.75) is 6.92 Å². The van der Waals surface area contributed by atoms with E-state index in [1.165, 1.54) is 47.4 Å². The van der Waals surface area contributed by atoms with Gasteiger partial charge in [0.05, 0.1) is 41.3 Å². The third kappa shape index (κ3) is 5.01. The first-order chi connectivity index (χ1) is 18.4. The van der Waals surface area contributed by atoms with Crippen LogP contribution in [-0.4, -0.2) is 40.2 Å². The van der Waals surface area contributed by atoms with Gasteiger partial charge in [-0.3, -0.25) is 9.52 Å². The van der Waals surface area contributed by atoms with E-state index in [1.807, 2.05) is 0 Å². The number of halogens is 3. The van der Waals surface area contributed by atoms with Gasteiger partial charge in [-0.25, -0.2) is 26.9 Å². The number of aryl methyl sites for hydroxylation is 1. The number of benzene rings is 2. The Morgan fingerprint density at radius 2 is 1.87 bits per heavy atom. The number of nitrogens with two attached hydrogens (primary N) is 1. The minimum atomic E-state index is -3.72. The number of nitrogens with one attached hydrogen (secondary N) is 2. The Hall–Kier alpha value is -4.85. The molecule has 200 valence electrons. The van der Waals surface area contributed by atoms with Crippen molar-refractivity contribution in [2.24, 2.45) is 0 Å². The molecule has 4 N–H and O–H groups in total. The second kappa shape index (κ2) is 9.47. The quantitative estimate of drug-likeness (QED) is 0.251. The number of rotatable bonds is 7. The zero-order valence-electron chi connectivity index (χ0n) is 20.3. The van der Waals surface area contributed by atoms with Crippen molar-refractivity contribution < 1.29 is 31.1 Å². The zero-order chi connectivity index (χ0) is 28.1. The maximum Gasteiger partial charge on any atom is 0.229 e.